The summed E-state index contributed by atoms with van der Waals surface area (Å²) in [4.78, 5) is 23.2. The highest BCUT2D eigenvalue weighted by Crippen LogP contribution is 2.23. The number of nitrogens with one attached hydrogen (secondary N) is 3. The lowest BCUT2D eigenvalue weighted by Gasteiger charge is -2.13. The molecule has 5 nitrogen and oxygen atoms in total. The zero-order valence-corrected chi connectivity index (χ0v) is 15.0. The summed E-state index contributed by atoms with van der Waals surface area (Å²) in [5.41, 5.74) is 4.97. The molecule has 3 N–H and O–H groups in total. The van der Waals surface area contributed by atoms with Gasteiger partial charge in [-0.25, -0.2) is 0 Å². The number of carbonyl (C=O) groups is 2. The van der Waals surface area contributed by atoms with Gasteiger partial charge < -0.3 is 16.0 Å². The van der Waals surface area contributed by atoms with Crippen LogP contribution in [0.25, 0.3) is 0 Å². The van der Waals surface area contributed by atoms with Crippen LogP contribution < -0.4 is 16.0 Å². The molecule has 0 fully saturated rings. The van der Waals surface area contributed by atoms with Gasteiger partial charge in [0, 0.05) is 24.8 Å². The molecule has 0 aliphatic rings. The molecule has 2 rings (SSSR count). The van der Waals surface area contributed by atoms with Crippen molar-refractivity contribution in [2.24, 2.45) is 0 Å². The lowest BCUT2D eigenvalue weighted by Crippen LogP contribution is -2.31. The number of hydrogen-bond acceptors (Lipinski definition) is 3. The molecule has 0 saturated carbocycles. The average molecular weight is 339 g/mol. The van der Waals surface area contributed by atoms with Crippen molar-refractivity contribution in [3.8, 4) is 0 Å². The number of aryl methyl sites for hydroxylation is 1. The van der Waals surface area contributed by atoms with Crippen molar-refractivity contribution in [2.45, 2.75) is 27.2 Å². The summed E-state index contributed by atoms with van der Waals surface area (Å²) in [6, 6.07) is 13.7. The smallest absolute Gasteiger partial charge is 0.239 e. The number of hydrogen-bond donors (Lipinski definition) is 3. The van der Waals surface area contributed by atoms with Crippen LogP contribution in [0.1, 0.15) is 23.6 Å². The van der Waals surface area contributed by atoms with Crippen LogP contribution >= 0.6 is 0 Å². The number of carbonyl (C=O) groups excluding carboxylic acids is 2. The van der Waals surface area contributed by atoms with Crippen molar-refractivity contribution in [1.29, 1.82) is 0 Å². The van der Waals surface area contributed by atoms with E-state index in [1.54, 1.807) is 0 Å². The lowest BCUT2D eigenvalue weighted by atomic mass is 10.1. The van der Waals surface area contributed by atoms with E-state index >= 15 is 0 Å². The highest BCUT2D eigenvalue weighted by molar-refractivity contribution is 5.91. The van der Waals surface area contributed by atoms with Crippen LogP contribution in [0.15, 0.2) is 42.5 Å². The zero-order chi connectivity index (χ0) is 18.2. The van der Waals surface area contributed by atoms with Crippen molar-refractivity contribution in [1.82, 2.24) is 5.32 Å². The molecular weight excluding hydrogens is 314 g/mol. The van der Waals surface area contributed by atoms with Gasteiger partial charge in [0.05, 0.1) is 6.54 Å². The predicted octanol–water partition coefficient (Wildman–Crippen LogP) is 3.03. The van der Waals surface area contributed by atoms with Gasteiger partial charge in [0.2, 0.25) is 11.8 Å². The number of amides is 2. The van der Waals surface area contributed by atoms with E-state index in [1.807, 2.05) is 37.3 Å². The van der Waals surface area contributed by atoms with Crippen molar-refractivity contribution in [3.05, 3.63) is 59.2 Å². The summed E-state index contributed by atoms with van der Waals surface area (Å²) >= 11 is 0. The minimum atomic E-state index is -0.116. The summed E-state index contributed by atoms with van der Waals surface area (Å²) in [5.74, 6) is -0.174. The highest BCUT2D eigenvalue weighted by Gasteiger charge is 2.07. The summed E-state index contributed by atoms with van der Waals surface area (Å²) in [6.45, 7) is 6.25. The Bertz CT molecular complexity index is 756. The first-order valence-corrected chi connectivity index (χ1v) is 8.39. The van der Waals surface area contributed by atoms with E-state index in [0.717, 1.165) is 23.4 Å². The normalized spacial score (nSPS) is 10.2. The third-order valence-corrected chi connectivity index (χ3v) is 4.06. The fourth-order valence-corrected chi connectivity index (χ4v) is 2.62. The molecule has 0 saturated heterocycles. The molecule has 0 aliphatic carbocycles. The van der Waals surface area contributed by atoms with E-state index in [0.29, 0.717) is 6.54 Å². The standard InChI is InChI=1S/C20H25N3O2/c1-14-7-4-5-8-17(14)11-12-21-20(25)13-22-18-9-6-10-19(15(18)2)23-16(3)24/h4-10,22H,11-13H2,1-3H3,(H,21,25)(H,23,24). The zero-order valence-electron chi connectivity index (χ0n) is 15.0. The maximum atomic E-state index is 12.0. The fraction of sp³-hybridized carbons (Fsp3) is 0.300. The predicted molar refractivity (Wildman–Crippen MR) is 102 cm³/mol. The Morgan fingerprint density at radius 1 is 0.960 bits per heavy atom. The molecule has 25 heavy (non-hydrogen) atoms. The number of rotatable bonds is 7. The largest absolute Gasteiger partial charge is 0.376 e. The molecular formula is C20H25N3O2. The maximum absolute atomic E-state index is 12.0. The Balaban J connectivity index is 1.82. The van der Waals surface area contributed by atoms with Gasteiger partial charge in [-0.3, -0.25) is 9.59 Å². The van der Waals surface area contributed by atoms with Gasteiger partial charge in [0.15, 0.2) is 0 Å². The van der Waals surface area contributed by atoms with E-state index in [9.17, 15) is 9.59 Å². The van der Waals surface area contributed by atoms with Crippen LogP contribution in [0.3, 0.4) is 0 Å². The summed E-state index contributed by atoms with van der Waals surface area (Å²) in [5, 5.41) is 8.83. The topological polar surface area (TPSA) is 70.2 Å². The molecule has 0 bridgehead atoms. The van der Waals surface area contributed by atoms with Crippen LogP contribution in [0.4, 0.5) is 11.4 Å². The molecule has 0 aromatic heterocycles. The number of benzene rings is 2. The van der Waals surface area contributed by atoms with Gasteiger partial charge in [0.1, 0.15) is 0 Å². The third-order valence-electron chi connectivity index (χ3n) is 4.06. The van der Waals surface area contributed by atoms with E-state index in [2.05, 4.69) is 35.0 Å². The average Bonchev–Trinajstić information content (AvgIpc) is 2.57. The molecule has 0 aliphatic heterocycles. The first-order valence-electron chi connectivity index (χ1n) is 8.39. The molecule has 2 aromatic carbocycles. The van der Waals surface area contributed by atoms with Crippen LogP contribution in [-0.4, -0.2) is 24.9 Å². The molecule has 2 aromatic rings. The molecule has 0 spiro atoms. The minimum absolute atomic E-state index is 0.0575. The Labute approximate surface area is 148 Å². The minimum Gasteiger partial charge on any atom is -0.376 e. The monoisotopic (exact) mass is 339 g/mol. The van der Waals surface area contributed by atoms with E-state index in [4.69, 9.17) is 0 Å². The van der Waals surface area contributed by atoms with Crippen LogP contribution in [0.5, 0.6) is 0 Å². The second-order valence-corrected chi connectivity index (χ2v) is 6.04. The Morgan fingerprint density at radius 3 is 2.40 bits per heavy atom. The van der Waals surface area contributed by atoms with Crippen LogP contribution in [-0.2, 0) is 16.0 Å². The fourth-order valence-electron chi connectivity index (χ4n) is 2.62. The van der Waals surface area contributed by atoms with Gasteiger partial charge in [-0.2, -0.15) is 0 Å². The summed E-state index contributed by atoms with van der Waals surface area (Å²) in [6.07, 6.45) is 0.815. The SMILES string of the molecule is CC(=O)Nc1cccc(NCC(=O)NCCc2ccccc2C)c1C. The van der Waals surface area contributed by atoms with Crippen molar-refractivity contribution < 1.29 is 9.59 Å². The Hall–Kier alpha value is -2.82. The van der Waals surface area contributed by atoms with Gasteiger partial charge in [-0.15, -0.1) is 0 Å². The molecule has 0 radical (unpaired) electrons. The van der Waals surface area contributed by atoms with Gasteiger partial charge in [0.25, 0.3) is 0 Å². The van der Waals surface area contributed by atoms with Crippen molar-refractivity contribution in [2.75, 3.05) is 23.7 Å². The van der Waals surface area contributed by atoms with Crippen molar-refractivity contribution in [3.63, 3.8) is 0 Å². The van der Waals surface area contributed by atoms with E-state index < -0.39 is 0 Å². The Morgan fingerprint density at radius 2 is 1.68 bits per heavy atom. The second kappa shape index (κ2) is 8.87. The second-order valence-electron chi connectivity index (χ2n) is 6.04. The van der Waals surface area contributed by atoms with Crippen molar-refractivity contribution >= 4 is 23.2 Å². The summed E-state index contributed by atoms with van der Waals surface area (Å²) in [7, 11) is 0. The Kier molecular flexibility index (Phi) is 6.57. The number of anilines is 2. The lowest BCUT2D eigenvalue weighted by molar-refractivity contribution is -0.119. The maximum Gasteiger partial charge on any atom is 0.239 e. The molecule has 5 heteroatoms. The van der Waals surface area contributed by atoms with E-state index in [1.165, 1.54) is 18.1 Å². The quantitative estimate of drug-likeness (QED) is 0.726. The van der Waals surface area contributed by atoms with Gasteiger partial charge in [-0.1, -0.05) is 30.3 Å². The first-order chi connectivity index (χ1) is 12.0. The third kappa shape index (κ3) is 5.64. The molecule has 132 valence electrons. The first kappa shape index (κ1) is 18.5. The van der Waals surface area contributed by atoms with Gasteiger partial charge in [-0.05, 0) is 49.1 Å². The highest BCUT2D eigenvalue weighted by atomic mass is 16.2. The molecule has 0 unspecified atom stereocenters. The molecule has 0 atom stereocenters. The summed E-state index contributed by atoms with van der Waals surface area (Å²) < 4.78 is 0. The van der Waals surface area contributed by atoms with E-state index in [-0.39, 0.29) is 18.4 Å². The van der Waals surface area contributed by atoms with Crippen LogP contribution in [0, 0.1) is 13.8 Å². The molecule has 0 heterocycles. The van der Waals surface area contributed by atoms with Gasteiger partial charge >= 0.3 is 0 Å². The molecule has 2 amide bonds. The van der Waals surface area contributed by atoms with Crippen LogP contribution in [0.2, 0.25) is 0 Å².